The minimum absolute atomic E-state index is 0.0665. The van der Waals surface area contributed by atoms with E-state index in [1.54, 1.807) is 0 Å². The molecule has 0 unspecified atom stereocenters. The van der Waals surface area contributed by atoms with Crippen molar-refractivity contribution < 1.29 is 14.7 Å². The van der Waals surface area contributed by atoms with Gasteiger partial charge in [-0.25, -0.2) is 9.78 Å². The highest BCUT2D eigenvalue weighted by molar-refractivity contribution is 8.01. The molecule has 144 valence electrons. The lowest BCUT2D eigenvalue weighted by Crippen LogP contribution is -2.39. The Balaban J connectivity index is 1.52. The number of carbonyl (C=O) groups is 2. The minimum Gasteiger partial charge on any atom is -0.476 e. The normalized spacial score (nSPS) is 16.7. The van der Waals surface area contributed by atoms with E-state index in [-0.39, 0.29) is 17.6 Å². The van der Waals surface area contributed by atoms with Crippen molar-refractivity contribution in [3.8, 4) is 0 Å². The van der Waals surface area contributed by atoms with Gasteiger partial charge in [-0.2, -0.15) is 0 Å². The first-order valence-corrected chi connectivity index (χ1v) is 10.8. The molecule has 2 heterocycles. The number of benzene rings is 1. The average molecular weight is 426 g/mol. The van der Waals surface area contributed by atoms with Crippen LogP contribution in [0.15, 0.2) is 27.9 Å². The Morgan fingerprint density at radius 2 is 2.33 bits per heavy atom. The molecule has 1 aromatic carbocycles. The zero-order valence-electron chi connectivity index (χ0n) is 14.8. The van der Waals surface area contributed by atoms with Crippen LogP contribution < -0.4 is 5.32 Å². The van der Waals surface area contributed by atoms with Crippen molar-refractivity contribution in [2.24, 2.45) is 0 Å². The number of rotatable bonds is 8. The van der Waals surface area contributed by atoms with Gasteiger partial charge < -0.3 is 15.3 Å². The number of halogens is 1. The average Bonchev–Trinajstić information content (AvgIpc) is 3.22. The third-order valence-corrected chi connectivity index (χ3v) is 6.68. The van der Waals surface area contributed by atoms with Gasteiger partial charge >= 0.3 is 5.97 Å². The monoisotopic (exact) mass is 425 g/mol. The Morgan fingerprint density at radius 3 is 3.04 bits per heavy atom. The first kappa shape index (κ1) is 20.0. The van der Waals surface area contributed by atoms with Crippen LogP contribution in [0.25, 0.3) is 0 Å². The van der Waals surface area contributed by atoms with E-state index in [0.29, 0.717) is 34.6 Å². The number of carboxylic acids is 1. The number of hydrogen-bond donors (Lipinski definition) is 2. The van der Waals surface area contributed by atoms with Crippen molar-refractivity contribution in [2.45, 2.75) is 30.1 Å². The molecule has 1 aromatic heterocycles. The summed E-state index contributed by atoms with van der Waals surface area (Å²) in [7, 11) is 0. The van der Waals surface area contributed by atoms with E-state index in [4.69, 9.17) is 16.7 Å². The fourth-order valence-corrected chi connectivity index (χ4v) is 5.07. The number of aromatic nitrogens is 1. The molecule has 0 saturated carbocycles. The number of carbonyl (C=O) groups excluding carboxylic acids is 1. The Kier molecular flexibility index (Phi) is 6.62. The molecule has 0 aliphatic carbocycles. The van der Waals surface area contributed by atoms with Crippen molar-refractivity contribution in [1.82, 2.24) is 9.88 Å². The Hall–Kier alpha value is -1.77. The lowest BCUT2D eigenvalue weighted by Gasteiger charge is -2.25. The molecule has 1 saturated heterocycles. The number of nitrogens with one attached hydrogen (secondary N) is 1. The number of nitrogens with zero attached hydrogens (tertiary/aromatic N) is 2. The maximum absolute atomic E-state index is 12.2. The predicted molar refractivity (Wildman–Crippen MR) is 109 cm³/mol. The minimum atomic E-state index is -1.02. The first-order chi connectivity index (χ1) is 12.9. The molecule has 1 atom stereocenters. The number of thioether (sulfide) groups is 1. The molecule has 27 heavy (non-hydrogen) atoms. The molecule has 2 aromatic rings. The largest absolute Gasteiger partial charge is 0.476 e. The summed E-state index contributed by atoms with van der Waals surface area (Å²) in [5.74, 6) is -0.184. The summed E-state index contributed by atoms with van der Waals surface area (Å²) in [4.78, 5) is 29.0. The summed E-state index contributed by atoms with van der Waals surface area (Å²) in [6.07, 6.45) is 1.37. The highest BCUT2D eigenvalue weighted by Crippen LogP contribution is 2.26. The van der Waals surface area contributed by atoms with Gasteiger partial charge in [-0.3, -0.25) is 4.79 Å². The number of carboxylic acid groups (broad SMARTS) is 1. The fraction of sp³-hybridized carbons (Fsp3) is 0.389. The van der Waals surface area contributed by atoms with Crippen molar-refractivity contribution in [2.75, 3.05) is 24.2 Å². The SMILES string of the molecule is Cc1ccc(NC[C@H]2CCC(=O)N2CCSc2nc(C(=O)O)cs2)c(Cl)c1. The molecule has 1 aliphatic heterocycles. The Bertz CT molecular complexity index is 843. The van der Waals surface area contributed by atoms with Crippen molar-refractivity contribution in [3.63, 3.8) is 0 Å². The van der Waals surface area contributed by atoms with Gasteiger partial charge in [-0.15, -0.1) is 11.3 Å². The number of hydrogen-bond acceptors (Lipinski definition) is 6. The quantitative estimate of drug-likeness (QED) is 0.622. The van der Waals surface area contributed by atoms with Crippen LogP contribution in [0.4, 0.5) is 5.69 Å². The second-order valence-corrected chi connectivity index (χ2v) is 8.90. The third kappa shape index (κ3) is 5.15. The second kappa shape index (κ2) is 8.95. The Morgan fingerprint density at radius 1 is 1.52 bits per heavy atom. The van der Waals surface area contributed by atoms with E-state index in [1.165, 1.54) is 28.5 Å². The molecule has 9 heteroatoms. The van der Waals surface area contributed by atoms with Crippen LogP contribution >= 0.6 is 34.7 Å². The molecule has 1 amide bonds. The van der Waals surface area contributed by atoms with Crippen molar-refractivity contribution in [3.05, 3.63) is 39.9 Å². The molecule has 1 aliphatic rings. The van der Waals surface area contributed by atoms with Gasteiger partial charge in [0.2, 0.25) is 5.91 Å². The molecular formula is C18H20ClN3O3S2. The van der Waals surface area contributed by atoms with Crippen molar-refractivity contribution >= 4 is 52.3 Å². The summed E-state index contributed by atoms with van der Waals surface area (Å²) in [6, 6.07) is 6.00. The van der Waals surface area contributed by atoms with Crippen LogP contribution in [0.5, 0.6) is 0 Å². The van der Waals surface area contributed by atoms with Gasteiger partial charge in [0.15, 0.2) is 10.0 Å². The number of aromatic carboxylic acids is 1. The number of amides is 1. The molecule has 0 spiro atoms. The van der Waals surface area contributed by atoms with Gasteiger partial charge in [0, 0.05) is 36.7 Å². The molecule has 3 rings (SSSR count). The van der Waals surface area contributed by atoms with E-state index in [0.717, 1.165) is 17.7 Å². The highest BCUT2D eigenvalue weighted by Gasteiger charge is 2.30. The zero-order valence-corrected chi connectivity index (χ0v) is 17.2. The number of aryl methyl sites for hydroxylation is 1. The van der Waals surface area contributed by atoms with E-state index in [2.05, 4.69) is 10.3 Å². The number of anilines is 1. The second-order valence-electron chi connectivity index (χ2n) is 6.30. The van der Waals surface area contributed by atoms with Gasteiger partial charge in [-0.1, -0.05) is 29.4 Å². The molecule has 6 nitrogen and oxygen atoms in total. The first-order valence-electron chi connectivity index (χ1n) is 8.55. The van der Waals surface area contributed by atoms with Crippen LogP contribution in [-0.4, -0.2) is 51.8 Å². The summed E-state index contributed by atoms with van der Waals surface area (Å²) >= 11 is 9.05. The molecule has 0 bridgehead atoms. The van der Waals surface area contributed by atoms with E-state index in [1.807, 2.05) is 30.0 Å². The van der Waals surface area contributed by atoms with Crippen LogP contribution in [0.1, 0.15) is 28.9 Å². The molecule has 2 N–H and O–H groups in total. The van der Waals surface area contributed by atoms with E-state index in [9.17, 15) is 9.59 Å². The van der Waals surface area contributed by atoms with Gasteiger partial charge in [0.25, 0.3) is 0 Å². The number of likely N-dealkylation sites (tertiary alicyclic amines) is 1. The van der Waals surface area contributed by atoms with Gasteiger partial charge in [0.05, 0.1) is 10.7 Å². The third-order valence-electron chi connectivity index (χ3n) is 4.37. The topological polar surface area (TPSA) is 82.5 Å². The van der Waals surface area contributed by atoms with Crippen LogP contribution in [-0.2, 0) is 4.79 Å². The standard InChI is InChI=1S/C18H20ClN3O3S2/c1-11-2-4-14(13(19)8-11)20-9-12-3-5-16(23)22(12)6-7-26-18-21-15(10-27-18)17(24)25/h2,4,8,10,12,20H,3,5-7,9H2,1H3,(H,24,25)/t12-/m1/s1. The fourth-order valence-electron chi connectivity index (χ4n) is 2.96. The number of thiazole rings is 1. The highest BCUT2D eigenvalue weighted by atomic mass is 35.5. The summed E-state index contributed by atoms with van der Waals surface area (Å²) in [5, 5.41) is 14.5. The lowest BCUT2D eigenvalue weighted by molar-refractivity contribution is -0.128. The molecule has 0 radical (unpaired) electrons. The van der Waals surface area contributed by atoms with Gasteiger partial charge in [-0.05, 0) is 31.0 Å². The zero-order chi connectivity index (χ0) is 19.4. The molecule has 1 fully saturated rings. The Labute approximate surface area is 170 Å². The summed E-state index contributed by atoms with van der Waals surface area (Å²) in [6.45, 7) is 3.26. The molecular weight excluding hydrogens is 406 g/mol. The van der Waals surface area contributed by atoms with Gasteiger partial charge in [0.1, 0.15) is 0 Å². The van der Waals surface area contributed by atoms with E-state index < -0.39 is 5.97 Å². The van der Waals surface area contributed by atoms with Crippen LogP contribution in [0, 0.1) is 6.92 Å². The van der Waals surface area contributed by atoms with Crippen LogP contribution in [0.3, 0.4) is 0 Å². The maximum atomic E-state index is 12.2. The van der Waals surface area contributed by atoms with Crippen LogP contribution in [0.2, 0.25) is 5.02 Å². The predicted octanol–water partition coefficient (Wildman–Crippen LogP) is 4.00. The maximum Gasteiger partial charge on any atom is 0.355 e. The van der Waals surface area contributed by atoms with Crippen molar-refractivity contribution in [1.29, 1.82) is 0 Å². The summed E-state index contributed by atoms with van der Waals surface area (Å²) in [5.41, 5.74) is 2.05. The summed E-state index contributed by atoms with van der Waals surface area (Å²) < 4.78 is 0.708. The van der Waals surface area contributed by atoms with E-state index >= 15 is 0 Å². The lowest BCUT2D eigenvalue weighted by atomic mass is 10.2. The smallest absolute Gasteiger partial charge is 0.355 e.